The zero-order valence-corrected chi connectivity index (χ0v) is 14.0. The van der Waals surface area contributed by atoms with Gasteiger partial charge in [-0.15, -0.1) is 12.4 Å². The summed E-state index contributed by atoms with van der Waals surface area (Å²) in [6.45, 7) is 1.99. The summed E-state index contributed by atoms with van der Waals surface area (Å²) in [6.07, 6.45) is 0. The van der Waals surface area contributed by atoms with Gasteiger partial charge in [-0.2, -0.15) is 0 Å². The summed E-state index contributed by atoms with van der Waals surface area (Å²) < 4.78 is 0. The van der Waals surface area contributed by atoms with Crippen molar-refractivity contribution in [2.75, 3.05) is 19.0 Å². The fourth-order valence-corrected chi connectivity index (χ4v) is 2.53. The van der Waals surface area contributed by atoms with Crippen molar-refractivity contribution in [3.63, 3.8) is 0 Å². The van der Waals surface area contributed by atoms with Gasteiger partial charge in [0.2, 0.25) is 0 Å². The highest BCUT2D eigenvalue weighted by molar-refractivity contribution is 7.98. The van der Waals surface area contributed by atoms with Crippen molar-refractivity contribution in [3.05, 3.63) is 46.6 Å². The van der Waals surface area contributed by atoms with Gasteiger partial charge in [0.25, 0.3) is 0 Å². The number of halogens is 2. The van der Waals surface area contributed by atoms with E-state index in [1.54, 1.807) is 11.8 Å². The Labute approximate surface area is 135 Å². The predicted octanol–water partition coefficient (Wildman–Crippen LogP) is 4.22. The van der Waals surface area contributed by atoms with Crippen LogP contribution in [0, 0.1) is 6.92 Å². The Morgan fingerprint density at radius 1 is 1.15 bits per heavy atom. The number of nitrogens with zero attached hydrogens (tertiary/aromatic N) is 3. The van der Waals surface area contributed by atoms with Gasteiger partial charge in [0.05, 0.1) is 0 Å². The monoisotopic (exact) mass is 329 g/mol. The van der Waals surface area contributed by atoms with Crippen LogP contribution in [0.15, 0.2) is 35.5 Å². The summed E-state index contributed by atoms with van der Waals surface area (Å²) in [5.74, 6) is 1.78. The van der Waals surface area contributed by atoms with Crippen molar-refractivity contribution in [1.82, 2.24) is 9.97 Å². The SMILES string of the molecule is Cc1cc(N(C)C)nc(SCc2ccc(Cl)cc2)n1.Cl. The zero-order valence-electron chi connectivity index (χ0n) is 11.6. The average Bonchev–Trinajstić information content (AvgIpc) is 2.37. The van der Waals surface area contributed by atoms with Gasteiger partial charge in [0, 0.05) is 36.6 Å². The molecule has 0 radical (unpaired) electrons. The lowest BCUT2D eigenvalue weighted by molar-refractivity contribution is 0.902. The minimum atomic E-state index is 0. The highest BCUT2D eigenvalue weighted by Gasteiger charge is 2.05. The molecule has 1 heterocycles. The second-order valence-corrected chi connectivity index (χ2v) is 5.84. The van der Waals surface area contributed by atoms with Crippen molar-refractivity contribution < 1.29 is 0 Å². The van der Waals surface area contributed by atoms with Gasteiger partial charge in [-0.1, -0.05) is 35.5 Å². The quantitative estimate of drug-likeness (QED) is 0.620. The highest BCUT2D eigenvalue weighted by atomic mass is 35.5. The van der Waals surface area contributed by atoms with Gasteiger partial charge in [-0.25, -0.2) is 9.97 Å². The summed E-state index contributed by atoms with van der Waals surface area (Å²) in [5, 5.41) is 1.56. The molecule has 1 aromatic carbocycles. The third-order valence-electron chi connectivity index (χ3n) is 2.56. The molecule has 0 unspecified atom stereocenters. The lowest BCUT2D eigenvalue weighted by atomic mass is 10.2. The topological polar surface area (TPSA) is 29.0 Å². The van der Waals surface area contributed by atoms with Crippen LogP contribution in [0.5, 0.6) is 0 Å². The van der Waals surface area contributed by atoms with E-state index in [0.717, 1.165) is 27.4 Å². The van der Waals surface area contributed by atoms with Gasteiger partial charge in [-0.05, 0) is 24.6 Å². The molecule has 0 aliphatic rings. The van der Waals surface area contributed by atoms with Gasteiger partial charge in [-0.3, -0.25) is 0 Å². The van der Waals surface area contributed by atoms with E-state index in [9.17, 15) is 0 Å². The molecule has 0 spiro atoms. The summed E-state index contributed by atoms with van der Waals surface area (Å²) in [7, 11) is 3.96. The van der Waals surface area contributed by atoms with Crippen molar-refractivity contribution in [3.8, 4) is 0 Å². The van der Waals surface area contributed by atoms with E-state index in [1.807, 2.05) is 56.3 Å². The fourth-order valence-electron chi connectivity index (χ4n) is 1.55. The standard InChI is InChI=1S/C14H16ClN3S.ClH/c1-10-8-13(18(2)3)17-14(16-10)19-9-11-4-6-12(15)7-5-11;/h4-8H,9H2,1-3H3;1H. The van der Waals surface area contributed by atoms with E-state index in [1.165, 1.54) is 5.56 Å². The summed E-state index contributed by atoms with van der Waals surface area (Å²) in [5.41, 5.74) is 2.20. The summed E-state index contributed by atoms with van der Waals surface area (Å²) >= 11 is 7.50. The predicted molar refractivity (Wildman–Crippen MR) is 89.4 cm³/mol. The second-order valence-electron chi connectivity index (χ2n) is 4.46. The number of aryl methyl sites for hydroxylation is 1. The minimum absolute atomic E-state index is 0. The Morgan fingerprint density at radius 2 is 1.80 bits per heavy atom. The first-order chi connectivity index (χ1) is 9.04. The average molecular weight is 330 g/mol. The van der Waals surface area contributed by atoms with Crippen molar-refractivity contribution in [2.45, 2.75) is 17.8 Å². The van der Waals surface area contributed by atoms with Crippen molar-refractivity contribution in [1.29, 1.82) is 0 Å². The molecular weight excluding hydrogens is 313 g/mol. The Bertz CT molecular complexity index is 559. The smallest absolute Gasteiger partial charge is 0.190 e. The number of thioether (sulfide) groups is 1. The van der Waals surface area contributed by atoms with Crippen LogP contribution >= 0.6 is 35.8 Å². The fraction of sp³-hybridized carbons (Fsp3) is 0.286. The number of hydrogen-bond donors (Lipinski definition) is 0. The van der Waals surface area contributed by atoms with Crippen LogP contribution in [-0.2, 0) is 5.75 Å². The molecule has 1 aromatic heterocycles. The van der Waals surface area contributed by atoms with Gasteiger partial charge in [0.15, 0.2) is 5.16 Å². The van der Waals surface area contributed by atoms with Crippen molar-refractivity contribution >= 4 is 41.6 Å². The summed E-state index contributed by atoms with van der Waals surface area (Å²) in [6, 6.07) is 9.84. The van der Waals surface area contributed by atoms with Crippen LogP contribution in [0.25, 0.3) is 0 Å². The Kier molecular flexibility index (Phi) is 6.59. The lowest BCUT2D eigenvalue weighted by Gasteiger charge is -2.12. The van der Waals surface area contributed by atoms with Gasteiger partial charge >= 0.3 is 0 Å². The molecule has 0 bridgehead atoms. The molecule has 0 saturated carbocycles. The number of rotatable bonds is 4. The number of benzene rings is 1. The molecular formula is C14H17Cl2N3S. The molecule has 2 aromatic rings. The first-order valence-corrected chi connectivity index (χ1v) is 7.31. The van der Waals surface area contributed by atoms with E-state index in [4.69, 9.17) is 11.6 Å². The maximum atomic E-state index is 5.87. The van der Waals surface area contributed by atoms with Crippen LogP contribution in [0.1, 0.15) is 11.3 Å². The third-order valence-corrected chi connectivity index (χ3v) is 3.73. The van der Waals surface area contributed by atoms with Crippen LogP contribution in [0.3, 0.4) is 0 Å². The lowest BCUT2D eigenvalue weighted by Crippen LogP contribution is -2.11. The van der Waals surface area contributed by atoms with Gasteiger partial charge in [0.1, 0.15) is 5.82 Å². The molecule has 0 atom stereocenters. The molecule has 0 amide bonds. The normalized spacial score (nSPS) is 10.0. The Hall–Kier alpha value is -0.970. The maximum Gasteiger partial charge on any atom is 0.190 e. The molecule has 2 rings (SSSR count). The van der Waals surface area contributed by atoms with Crippen LogP contribution in [0.4, 0.5) is 5.82 Å². The first kappa shape index (κ1) is 17.1. The Balaban J connectivity index is 0.00000200. The van der Waals surface area contributed by atoms with Crippen molar-refractivity contribution in [2.24, 2.45) is 0 Å². The molecule has 3 nitrogen and oxygen atoms in total. The molecule has 0 fully saturated rings. The molecule has 0 saturated heterocycles. The van der Waals surface area contributed by atoms with Crippen LogP contribution < -0.4 is 4.90 Å². The number of hydrogen-bond acceptors (Lipinski definition) is 4. The first-order valence-electron chi connectivity index (χ1n) is 5.95. The van der Waals surface area contributed by atoms with Crippen LogP contribution in [0.2, 0.25) is 5.02 Å². The molecule has 0 aliphatic heterocycles. The number of aromatic nitrogens is 2. The molecule has 0 aliphatic carbocycles. The minimum Gasteiger partial charge on any atom is -0.363 e. The maximum absolute atomic E-state index is 5.87. The van der Waals surface area contributed by atoms with E-state index in [2.05, 4.69) is 9.97 Å². The molecule has 108 valence electrons. The number of anilines is 1. The van der Waals surface area contributed by atoms with E-state index >= 15 is 0 Å². The zero-order chi connectivity index (χ0) is 13.8. The molecule has 0 N–H and O–H groups in total. The Morgan fingerprint density at radius 3 is 2.40 bits per heavy atom. The summed E-state index contributed by atoms with van der Waals surface area (Å²) in [4.78, 5) is 11.0. The van der Waals surface area contributed by atoms with Crippen LogP contribution in [-0.4, -0.2) is 24.1 Å². The molecule has 6 heteroatoms. The highest BCUT2D eigenvalue weighted by Crippen LogP contribution is 2.22. The molecule has 20 heavy (non-hydrogen) atoms. The van der Waals surface area contributed by atoms with E-state index in [-0.39, 0.29) is 12.4 Å². The van der Waals surface area contributed by atoms with Gasteiger partial charge < -0.3 is 4.90 Å². The third kappa shape index (κ3) is 4.85. The van der Waals surface area contributed by atoms with E-state index in [0.29, 0.717) is 0 Å². The second kappa shape index (κ2) is 7.72. The van der Waals surface area contributed by atoms with E-state index < -0.39 is 0 Å². The largest absolute Gasteiger partial charge is 0.363 e.